The summed E-state index contributed by atoms with van der Waals surface area (Å²) in [5, 5.41) is 1.78. The molecule has 0 radical (unpaired) electrons. The van der Waals surface area contributed by atoms with Gasteiger partial charge in [-0.05, 0) is 6.42 Å². The first-order valence-electron chi connectivity index (χ1n) is 4.73. The van der Waals surface area contributed by atoms with Crippen molar-refractivity contribution in [2.75, 3.05) is 6.54 Å². The molecule has 0 bridgehead atoms. The summed E-state index contributed by atoms with van der Waals surface area (Å²) in [6.45, 7) is 1.56. The van der Waals surface area contributed by atoms with E-state index in [1.807, 2.05) is 0 Å². The highest BCUT2D eigenvalue weighted by molar-refractivity contribution is 5.95. The van der Waals surface area contributed by atoms with Crippen LogP contribution in [0.2, 0.25) is 0 Å². The van der Waals surface area contributed by atoms with Gasteiger partial charge in [-0.25, -0.2) is 0 Å². The maximum Gasteiger partial charge on any atom is 0.454 e. The summed E-state index contributed by atoms with van der Waals surface area (Å²) in [5.74, 6) is -2.53. The van der Waals surface area contributed by atoms with Crippen LogP contribution in [0.5, 0.6) is 0 Å². The van der Waals surface area contributed by atoms with Crippen LogP contribution in [0.3, 0.4) is 0 Å². The van der Waals surface area contributed by atoms with E-state index in [0.29, 0.717) is 12.8 Å². The molecule has 0 rings (SSSR count). The van der Waals surface area contributed by atoms with Gasteiger partial charge < -0.3 is 5.32 Å². The highest BCUT2D eigenvalue weighted by Gasteiger charge is 2.41. The van der Waals surface area contributed by atoms with Crippen LogP contribution in [0.4, 0.5) is 26.3 Å². The molecule has 0 saturated heterocycles. The zero-order valence-electron chi connectivity index (χ0n) is 8.87. The fraction of sp³-hybridized carbons (Fsp3) is 0.667. The number of nitrogens with one attached hydrogen (secondary N) is 1. The maximum atomic E-state index is 12.2. The van der Waals surface area contributed by atoms with Crippen LogP contribution < -0.4 is 5.32 Å². The summed E-state index contributed by atoms with van der Waals surface area (Å²) in [5.41, 5.74) is -1.67. The van der Waals surface area contributed by atoms with Crippen molar-refractivity contribution in [3.63, 3.8) is 0 Å². The summed E-state index contributed by atoms with van der Waals surface area (Å²) in [6, 6.07) is 0. The van der Waals surface area contributed by atoms with Crippen molar-refractivity contribution in [1.82, 2.24) is 5.32 Å². The zero-order valence-corrected chi connectivity index (χ0v) is 8.87. The lowest BCUT2D eigenvalue weighted by molar-refractivity contribution is -0.166. The number of hydrogen-bond acceptors (Lipinski definition) is 2. The number of halogens is 6. The Morgan fingerprint density at radius 2 is 1.65 bits per heavy atom. The SMILES string of the molecule is CCCCNC(=CC(=O)C(F)(F)F)C(F)(F)F. The van der Waals surface area contributed by atoms with Gasteiger partial charge in [0.1, 0.15) is 5.70 Å². The van der Waals surface area contributed by atoms with E-state index in [2.05, 4.69) is 0 Å². The number of ketones is 1. The first-order valence-corrected chi connectivity index (χ1v) is 4.73. The molecule has 0 spiro atoms. The molecule has 0 aliphatic carbocycles. The molecule has 0 aliphatic rings. The van der Waals surface area contributed by atoms with Gasteiger partial charge in [-0.3, -0.25) is 4.79 Å². The fourth-order valence-corrected chi connectivity index (χ4v) is 0.846. The number of rotatable bonds is 5. The number of carbonyl (C=O) groups excluding carboxylic acids is 1. The third-order valence-electron chi connectivity index (χ3n) is 1.71. The van der Waals surface area contributed by atoms with E-state index in [9.17, 15) is 31.1 Å². The Hall–Kier alpha value is -1.21. The molecule has 0 atom stereocenters. The predicted molar refractivity (Wildman–Crippen MR) is 48.1 cm³/mol. The molecule has 8 heteroatoms. The second-order valence-electron chi connectivity index (χ2n) is 3.20. The van der Waals surface area contributed by atoms with Crippen LogP contribution in [0, 0.1) is 0 Å². The van der Waals surface area contributed by atoms with E-state index in [4.69, 9.17) is 0 Å². The van der Waals surface area contributed by atoms with Gasteiger partial charge in [-0.15, -0.1) is 0 Å². The second kappa shape index (κ2) is 5.92. The standard InChI is InChI=1S/C9H11F6NO/c1-2-3-4-16-6(8(10,11)12)5-7(17)9(13,14)15/h5,16H,2-4H2,1H3. The molecule has 2 nitrogen and oxygen atoms in total. The van der Waals surface area contributed by atoms with E-state index in [1.165, 1.54) is 0 Å². The highest BCUT2D eigenvalue weighted by atomic mass is 19.4. The summed E-state index contributed by atoms with van der Waals surface area (Å²) >= 11 is 0. The van der Waals surface area contributed by atoms with Gasteiger partial charge >= 0.3 is 12.4 Å². The number of allylic oxidation sites excluding steroid dienone is 2. The number of hydrogen-bond donors (Lipinski definition) is 1. The molecule has 0 amide bonds. The van der Waals surface area contributed by atoms with Gasteiger partial charge in [-0.1, -0.05) is 13.3 Å². The zero-order chi connectivity index (χ0) is 13.7. The van der Waals surface area contributed by atoms with E-state index < -0.39 is 29.9 Å². The van der Waals surface area contributed by atoms with Crippen molar-refractivity contribution in [1.29, 1.82) is 0 Å². The van der Waals surface area contributed by atoms with E-state index in [-0.39, 0.29) is 6.54 Å². The Morgan fingerprint density at radius 1 is 1.12 bits per heavy atom. The largest absolute Gasteiger partial charge is 0.454 e. The Bertz CT molecular complexity index is 291. The highest BCUT2D eigenvalue weighted by Crippen LogP contribution is 2.25. The molecule has 0 aliphatic heterocycles. The average Bonchev–Trinajstić information content (AvgIpc) is 2.13. The van der Waals surface area contributed by atoms with Crippen molar-refractivity contribution < 1.29 is 31.1 Å². The molecular weight excluding hydrogens is 252 g/mol. The van der Waals surface area contributed by atoms with E-state index >= 15 is 0 Å². The van der Waals surface area contributed by atoms with Crippen LogP contribution in [-0.2, 0) is 4.79 Å². The maximum absolute atomic E-state index is 12.2. The van der Waals surface area contributed by atoms with Gasteiger partial charge in [0.2, 0.25) is 0 Å². The van der Waals surface area contributed by atoms with E-state index in [0.717, 1.165) is 0 Å². The summed E-state index contributed by atoms with van der Waals surface area (Å²) in [6.07, 6.45) is -9.84. The monoisotopic (exact) mass is 263 g/mol. The molecular formula is C9H11F6NO. The van der Waals surface area contributed by atoms with Crippen LogP contribution in [0.1, 0.15) is 19.8 Å². The van der Waals surface area contributed by atoms with Crippen LogP contribution in [0.25, 0.3) is 0 Å². The smallest absolute Gasteiger partial charge is 0.381 e. The third kappa shape index (κ3) is 6.18. The Labute approximate surface area is 93.7 Å². The molecule has 0 unspecified atom stereocenters. The minimum atomic E-state index is -5.30. The third-order valence-corrected chi connectivity index (χ3v) is 1.71. The number of unbranched alkanes of at least 4 members (excludes halogenated alkanes) is 1. The molecule has 0 aromatic carbocycles. The fourth-order valence-electron chi connectivity index (χ4n) is 0.846. The topological polar surface area (TPSA) is 29.1 Å². The van der Waals surface area contributed by atoms with Crippen molar-refractivity contribution >= 4 is 5.78 Å². The van der Waals surface area contributed by atoms with Gasteiger partial charge in [0.15, 0.2) is 0 Å². The number of alkyl halides is 6. The van der Waals surface area contributed by atoms with Crippen LogP contribution in [0.15, 0.2) is 11.8 Å². The summed E-state index contributed by atoms with van der Waals surface area (Å²) in [7, 11) is 0. The lowest BCUT2D eigenvalue weighted by Gasteiger charge is -2.14. The van der Waals surface area contributed by atoms with Crippen molar-refractivity contribution in [3.8, 4) is 0 Å². The summed E-state index contributed by atoms with van der Waals surface area (Å²) in [4.78, 5) is 10.4. The molecule has 0 saturated carbocycles. The predicted octanol–water partition coefficient (Wildman–Crippen LogP) is 2.95. The first kappa shape index (κ1) is 15.8. The minimum Gasteiger partial charge on any atom is -0.381 e. The van der Waals surface area contributed by atoms with Crippen LogP contribution >= 0.6 is 0 Å². The summed E-state index contributed by atoms with van der Waals surface area (Å²) < 4.78 is 72.1. The Balaban J connectivity index is 4.81. The van der Waals surface area contributed by atoms with E-state index in [1.54, 1.807) is 12.2 Å². The van der Waals surface area contributed by atoms with Gasteiger partial charge in [0, 0.05) is 12.6 Å². The first-order chi connectivity index (χ1) is 7.59. The van der Waals surface area contributed by atoms with Gasteiger partial charge in [0.25, 0.3) is 5.78 Å². The molecule has 0 aromatic rings. The minimum absolute atomic E-state index is 0.146. The quantitative estimate of drug-likeness (QED) is 0.469. The lowest BCUT2D eigenvalue weighted by Crippen LogP contribution is -2.30. The molecule has 0 aromatic heterocycles. The number of carbonyl (C=O) groups is 1. The van der Waals surface area contributed by atoms with Gasteiger partial charge in [-0.2, -0.15) is 26.3 Å². The lowest BCUT2D eigenvalue weighted by atomic mass is 10.2. The molecule has 100 valence electrons. The molecule has 0 fully saturated rings. The molecule has 1 N–H and O–H groups in total. The van der Waals surface area contributed by atoms with Crippen molar-refractivity contribution in [2.24, 2.45) is 0 Å². The Morgan fingerprint density at radius 3 is 2.00 bits per heavy atom. The Kier molecular flexibility index (Phi) is 5.50. The molecule has 17 heavy (non-hydrogen) atoms. The van der Waals surface area contributed by atoms with Crippen LogP contribution in [-0.4, -0.2) is 24.7 Å². The van der Waals surface area contributed by atoms with Crippen molar-refractivity contribution in [3.05, 3.63) is 11.8 Å². The second-order valence-corrected chi connectivity index (χ2v) is 3.20. The van der Waals surface area contributed by atoms with Crippen molar-refractivity contribution in [2.45, 2.75) is 32.1 Å². The molecule has 0 heterocycles. The normalized spacial score (nSPS) is 13.7. The average molecular weight is 263 g/mol. The van der Waals surface area contributed by atoms with Gasteiger partial charge in [0.05, 0.1) is 0 Å².